The van der Waals surface area contributed by atoms with Crippen molar-refractivity contribution < 1.29 is 4.79 Å². The smallest absolute Gasteiger partial charge is 0.218 e. The number of aromatic nitrogens is 4. The molecule has 5 rings (SSSR count). The molecule has 0 saturated carbocycles. The van der Waals surface area contributed by atoms with E-state index in [1.54, 1.807) is 0 Å². The van der Waals surface area contributed by atoms with Gasteiger partial charge in [-0.05, 0) is 64.6 Å². The van der Waals surface area contributed by atoms with Gasteiger partial charge in [0.15, 0.2) is 3.95 Å². The maximum atomic E-state index is 12.3. The van der Waals surface area contributed by atoms with Gasteiger partial charge in [0.25, 0.3) is 0 Å². The number of thiol groups is 1. The number of hydrogen-bond acceptors (Lipinski definition) is 5. The first kappa shape index (κ1) is 21.8. The molecule has 2 heterocycles. The van der Waals surface area contributed by atoms with Crippen LogP contribution in [0.5, 0.6) is 0 Å². The number of nitrogens with one attached hydrogen (secondary N) is 2. The van der Waals surface area contributed by atoms with Crippen LogP contribution < -0.4 is 0 Å². The predicted molar refractivity (Wildman–Crippen MR) is 141 cm³/mol. The Balaban J connectivity index is 1.61. The quantitative estimate of drug-likeness (QED) is 0.184. The van der Waals surface area contributed by atoms with Crippen LogP contribution in [0.25, 0.3) is 44.7 Å². The van der Waals surface area contributed by atoms with Gasteiger partial charge in [-0.15, -0.1) is 12.6 Å². The van der Waals surface area contributed by atoms with Gasteiger partial charge in [-0.1, -0.05) is 55.5 Å². The summed E-state index contributed by atoms with van der Waals surface area (Å²) in [5, 5.41) is -0.279. The third-order valence-electron chi connectivity index (χ3n) is 5.76. The topological polar surface area (TPSA) is 74.4 Å². The molecule has 0 unspecified atom stereocenters. The molecule has 3 aromatic carbocycles. The number of H-pyrrole nitrogens is 2. The Morgan fingerprint density at radius 3 is 2.30 bits per heavy atom. The molecule has 0 spiro atoms. The fourth-order valence-electron chi connectivity index (χ4n) is 4.09. The fourth-order valence-corrected chi connectivity index (χ4v) is 4.96. The van der Waals surface area contributed by atoms with Gasteiger partial charge in [0.05, 0.1) is 16.6 Å². The van der Waals surface area contributed by atoms with E-state index in [-0.39, 0.29) is 5.12 Å². The zero-order chi connectivity index (χ0) is 23.1. The van der Waals surface area contributed by atoms with Gasteiger partial charge in [-0.3, -0.25) is 9.17 Å². The summed E-state index contributed by atoms with van der Waals surface area (Å²) in [6, 6.07) is 18.3. The fraction of sp³-hybridized carbons (Fsp3) is 0.120. The molecule has 0 aliphatic carbocycles. The van der Waals surface area contributed by atoms with Crippen molar-refractivity contribution in [1.82, 2.24) is 19.3 Å². The molecule has 0 aliphatic heterocycles. The minimum atomic E-state index is -0.279. The number of rotatable bonds is 5. The zero-order valence-corrected chi connectivity index (χ0v) is 20.5. The van der Waals surface area contributed by atoms with Crippen LogP contribution in [-0.2, 0) is 6.42 Å². The number of aryl methyl sites for hydroxylation is 2. The maximum absolute atomic E-state index is 12.3. The largest absolute Gasteiger partial charge is 0.341 e. The predicted octanol–water partition coefficient (Wildman–Crippen LogP) is 7.02. The van der Waals surface area contributed by atoms with E-state index in [4.69, 9.17) is 17.2 Å². The molecule has 5 nitrogen and oxygen atoms in total. The summed E-state index contributed by atoms with van der Waals surface area (Å²) >= 11 is 10.6. The van der Waals surface area contributed by atoms with Gasteiger partial charge in [0.2, 0.25) is 5.12 Å². The average Bonchev–Trinajstić information content (AvgIpc) is 3.46. The van der Waals surface area contributed by atoms with E-state index < -0.39 is 0 Å². The van der Waals surface area contributed by atoms with Crippen molar-refractivity contribution in [3.63, 3.8) is 0 Å². The summed E-state index contributed by atoms with van der Waals surface area (Å²) in [6.07, 6.45) is 0.765. The Bertz CT molecular complexity index is 1560. The van der Waals surface area contributed by atoms with Crippen molar-refractivity contribution in [3.8, 4) is 33.6 Å². The second-order valence-corrected chi connectivity index (χ2v) is 9.56. The molecule has 0 bridgehead atoms. The number of hydrogen-bond donors (Lipinski definition) is 3. The Morgan fingerprint density at radius 1 is 1.03 bits per heavy atom. The molecule has 164 valence electrons. The Hall–Kier alpha value is -3.07. The number of nitrogens with zero attached hydrogens (tertiary/aromatic N) is 2. The summed E-state index contributed by atoms with van der Waals surface area (Å²) < 4.78 is 3.78. The molecule has 2 aromatic heterocycles. The highest BCUT2D eigenvalue weighted by Crippen LogP contribution is 2.35. The molecule has 5 aromatic rings. The summed E-state index contributed by atoms with van der Waals surface area (Å²) in [5.41, 5.74) is 8.25. The number of benzene rings is 3. The number of aromatic amines is 2. The first-order valence-electron chi connectivity index (χ1n) is 10.5. The molecule has 8 heteroatoms. The van der Waals surface area contributed by atoms with E-state index in [2.05, 4.69) is 57.3 Å². The van der Waals surface area contributed by atoms with Gasteiger partial charge in [-0.25, -0.2) is 9.97 Å². The van der Waals surface area contributed by atoms with Crippen LogP contribution in [0.2, 0.25) is 0 Å². The van der Waals surface area contributed by atoms with Crippen molar-refractivity contribution >= 4 is 52.5 Å². The average molecular weight is 489 g/mol. The van der Waals surface area contributed by atoms with E-state index in [0.29, 0.717) is 9.52 Å². The van der Waals surface area contributed by atoms with Crippen molar-refractivity contribution in [3.05, 3.63) is 75.5 Å². The third-order valence-corrected chi connectivity index (χ3v) is 6.91. The third kappa shape index (κ3) is 3.94. The lowest BCUT2D eigenvalue weighted by Crippen LogP contribution is -1.96. The van der Waals surface area contributed by atoms with Crippen LogP contribution in [0.4, 0.5) is 0 Å². The monoisotopic (exact) mass is 488 g/mol. The van der Waals surface area contributed by atoms with Crippen LogP contribution in [0.15, 0.2) is 54.6 Å². The molecule has 2 N–H and O–H groups in total. The van der Waals surface area contributed by atoms with E-state index in [0.717, 1.165) is 62.5 Å². The Labute approximate surface area is 205 Å². The number of fused-ring (bicyclic) bond motifs is 1. The molecule has 0 amide bonds. The summed E-state index contributed by atoms with van der Waals surface area (Å²) in [6.45, 7) is 4.07. The van der Waals surface area contributed by atoms with Crippen LogP contribution in [0.3, 0.4) is 0 Å². The number of carbonyl (C=O) groups excluding carboxylic acids is 1. The summed E-state index contributed by atoms with van der Waals surface area (Å²) in [5.74, 6) is 1.63. The van der Waals surface area contributed by atoms with Crippen LogP contribution in [0.1, 0.15) is 28.7 Å². The van der Waals surface area contributed by atoms with Crippen LogP contribution >= 0.6 is 36.4 Å². The number of carbonyl (C=O) groups is 1. The van der Waals surface area contributed by atoms with Crippen molar-refractivity contribution in [2.24, 2.45) is 0 Å². The van der Waals surface area contributed by atoms with Gasteiger partial charge >= 0.3 is 0 Å². The first-order valence-corrected chi connectivity index (χ1v) is 12.1. The van der Waals surface area contributed by atoms with Gasteiger partial charge in [0.1, 0.15) is 11.6 Å². The van der Waals surface area contributed by atoms with Crippen molar-refractivity contribution in [2.45, 2.75) is 20.3 Å². The molecule has 0 radical (unpaired) electrons. The summed E-state index contributed by atoms with van der Waals surface area (Å²) in [4.78, 5) is 24.7. The minimum Gasteiger partial charge on any atom is -0.341 e. The van der Waals surface area contributed by atoms with E-state index >= 15 is 0 Å². The second kappa shape index (κ2) is 8.70. The van der Waals surface area contributed by atoms with Crippen molar-refractivity contribution in [2.75, 3.05) is 0 Å². The lowest BCUT2D eigenvalue weighted by molar-refractivity contribution is 0.109. The minimum absolute atomic E-state index is 0.279. The molecule has 33 heavy (non-hydrogen) atoms. The van der Waals surface area contributed by atoms with Crippen LogP contribution in [-0.4, -0.2) is 24.4 Å². The standard InChI is InChI=1S/C25H20N4OS3/c1-3-20-26-21-13(2)18(12-19(24(30)31)22(21)27-20)15-10-8-14(9-11-15)16-6-4-5-7-17(16)23-28-25(32)33-29-23/h4-12H,3H2,1-2H3,(H,26,27)(H,30,31)(H,28,29,32). The zero-order valence-electron chi connectivity index (χ0n) is 18.0. The van der Waals surface area contributed by atoms with E-state index in [1.807, 2.05) is 38.1 Å². The molecule has 0 saturated heterocycles. The molecular formula is C25H20N4OS3. The summed E-state index contributed by atoms with van der Waals surface area (Å²) in [7, 11) is 0. The SMILES string of the molecule is CCc1nc2c(C)c(-c3ccc(-c4ccccc4-c4nc(=S)s[nH]4)cc3)cc(C(=O)S)c2[nH]1. The van der Waals surface area contributed by atoms with Gasteiger partial charge < -0.3 is 4.98 Å². The lowest BCUT2D eigenvalue weighted by Gasteiger charge is -2.12. The second-order valence-electron chi connectivity index (χ2n) is 7.72. The van der Waals surface area contributed by atoms with E-state index in [9.17, 15) is 4.79 Å². The molecular weight excluding hydrogens is 469 g/mol. The Morgan fingerprint density at radius 2 is 1.70 bits per heavy atom. The normalized spacial score (nSPS) is 11.2. The lowest BCUT2D eigenvalue weighted by atomic mass is 9.93. The number of imidazole rings is 1. The maximum Gasteiger partial charge on any atom is 0.218 e. The van der Waals surface area contributed by atoms with Crippen molar-refractivity contribution in [1.29, 1.82) is 0 Å². The highest BCUT2D eigenvalue weighted by molar-refractivity contribution is 7.97. The molecule has 0 aliphatic rings. The van der Waals surface area contributed by atoms with Crippen LogP contribution in [0, 0.1) is 10.9 Å². The highest BCUT2D eigenvalue weighted by atomic mass is 32.2. The molecule has 0 fully saturated rings. The first-order chi connectivity index (χ1) is 16.0. The Kier molecular flexibility index (Phi) is 5.74. The van der Waals surface area contributed by atoms with Gasteiger partial charge in [0, 0.05) is 12.0 Å². The van der Waals surface area contributed by atoms with E-state index in [1.165, 1.54) is 11.5 Å². The van der Waals surface area contributed by atoms with Gasteiger partial charge in [-0.2, -0.15) is 0 Å². The highest BCUT2D eigenvalue weighted by Gasteiger charge is 2.18. The molecule has 0 atom stereocenters.